The Kier molecular flexibility index (Phi) is 4.90. The highest BCUT2D eigenvalue weighted by molar-refractivity contribution is 5.37. The van der Waals surface area contributed by atoms with Crippen LogP contribution in [0.15, 0.2) is 24.5 Å². The number of aromatic nitrogens is 3. The molecule has 2 aromatic rings. The summed E-state index contributed by atoms with van der Waals surface area (Å²) in [6.45, 7) is 4.97. The SMILES string of the molecule is COc1cccc(F)c1C(N)Cc1ncnn1CC(C)C. The number of benzene rings is 1. The molecule has 2 N–H and O–H groups in total. The molecule has 0 saturated carbocycles. The van der Waals surface area contributed by atoms with Crippen LogP contribution in [0.5, 0.6) is 5.75 Å². The topological polar surface area (TPSA) is 66.0 Å². The van der Waals surface area contributed by atoms with E-state index < -0.39 is 6.04 Å². The fraction of sp³-hybridized carbons (Fsp3) is 0.467. The van der Waals surface area contributed by atoms with Crippen LogP contribution in [0, 0.1) is 11.7 Å². The molecular formula is C15H21FN4O. The number of nitrogens with zero attached hydrogens (tertiary/aromatic N) is 3. The fourth-order valence-electron chi connectivity index (χ4n) is 2.30. The monoisotopic (exact) mass is 292 g/mol. The second-order valence-corrected chi connectivity index (χ2v) is 5.42. The van der Waals surface area contributed by atoms with Crippen molar-refractivity contribution >= 4 is 0 Å². The number of ether oxygens (including phenoxy) is 1. The lowest BCUT2D eigenvalue weighted by Gasteiger charge is -2.17. The zero-order valence-electron chi connectivity index (χ0n) is 12.6. The third-order valence-electron chi connectivity index (χ3n) is 3.24. The Morgan fingerprint density at radius 3 is 2.81 bits per heavy atom. The molecule has 0 aliphatic heterocycles. The predicted molar refractivity (Wildman–Crippen MR) is 78.4 cm³/mol. The summed E-state index contributed by atoms with van der Waals surface area (Å²) in [6.07, 6.45) is 1.91. The molecule has 0 amide bonds. The van der Waals surface area contributed by atoms with E-state index in [2.05, 4.69) is 23.9 Å². The van der Waals surface area contributed by atoms with Crippen LogP contribution in [-0.2, 0) is 13.0 Å². The van der Waals surface area contributed by atoms with Crippen LogP contribution in [0.4, 0.5) is 4.39 Å². The summed E-state index contributed by atoms with van der Waals surface area (Å²) in [7, 11) is 1.51. The zero-order valence-corrected chi connectivity index (χ0v) is 12.6. The maximum Gasteiger partial charge on any atom is 0.138 e. The minimum atomic E-state index is -0.531. The number of halogens is 1. The Morgan fingerprint density at radius 2 is 2.14 bits per heavy atom. The first kappa shape index (κ1) is 15.4. The molecule has 0 aliphatic rings. The number of methoxy groups -OCH3 is 1. The molecule has 21 heavy (non-hydrogen) atoms. The average Bonchev–Trinajstić information content (AvgIpc) is 2.84. The van der Waals surface area contributed by atoms with Crippen molar-refractivity contribution in [1.82, 2.24) is 14.8 Å². The van der Waals surface area contributed by atoms with E-state index in [9.17, 15) is 4.39 Å². The first-order valence-electron chi connectivity index (χ1n) is 6.97. The van der Waals surface area contributed by atoms with Gasteiger partial charge in [-0.1, -0.05) is 19.9 Å². The molecule has 0 aliphatic carbocycles. The van der Waals surface area contributed by atoms with Gasteiger partial charge in [0.1, 0.15) is 23.7 Å². The van der Waals surface area contributed by atoms with Crippen molar-refractivity contribution in [2.45, 2.75) is 32.9 Å². The molecule has 114 valence electrons. The molecule has 1 atom stereocenters. The van der Waals surface area contributed by atoms with Gasteiger partial charge in [-0.25, -0.2) is 14.1 Å². The summed E-state index contributed by atoms with van der Waals surface area (Å²) in [6, 6.07) is 4.16. The van der Waals surface area contributed by atoms with E-state index in [1.807, 2.05) is 4.68 Å². The van der Waals surface area contributed by atoms with Crippen LogP contribution >= 0.6 is 0 Å². The van der Waals surface area contributed by atoms with Crippen molar-refractivity contribution in [2.75, 3.05) is 7.11 Å². The van der Waals surface area contributed by atoms with E-state index in [0.29, 0.717) is 23.7 Å². The van der Waals surface area contributed by atoms with Crippen LogP contribution in [-0.4, -0.2) is 21.9 Å². The van der Waals surface area contributed by atoms with E-state index in [1.54, 1.807) is 12.1 Å². The Balaban J connectivity index is 2.23. The Bertz CT molecular complexity index is 597. The first-order chi connectivity index (χ1) is 10.0. The highest BCUT2D eigenvalue weighted by atomic mass is 19.1. The highest BCUT2D eigenvalue weighted by Crippen LogP contribution is 2.28. The third kappa shape index (κ3) is 3.58. The minimum Gasteiger partial charge on any atom is -0.496 e. The van der Waals surface area contributed by atoms with Gasteiger partial charge in [0.15, 0.2) is 0 Å². The lowest BCUT2D eigenvalue weighted by molar-refractivity contribution is 0.396. The third-order valence-corrected chi connectivity index (χ3v) is 3.24. The highest BCUT2D eigenvalue weighted by Gasteiger charge is 2.19. The van der Waals surface area contributed by atoms with Crippen molar-refractivity contribution < 1.29 is 9.13 Å². The summed E-state index contributed by atoms with van der Waals surface area (Å²) in [5.74, 6) is 1.29. The van der Waals surface area contributed by atoms with Gasteiger partial charge in [0.2, 0.25) is 0 Å². The molecule has 1 heterocycles. The molecule has 0 radical (unpaired) electrons. The molecule has 6 heteroatoms. The van der Waals surface area contributed by atoms with Crippen LogP contribution in [0.2, 0.25) is 0 Å². The largest absolute Gasteiger partial charge is 0.496 e. The zero-order chi connectivity index (χ0) is 15.4. The summed E-state index contributed by atoms with van der Waals surface area (Å²) in [5.41, 5.74) is 6.54. The fourth-order valence-corrected chi connectivity index (χ4v) is 2.30. The quantitative estimate of drug-likeness (QED) is 0.887. The molecule has 5 nitrogen and oxygen atoms in total. The van der Waals surface area contributed by atoms with Crippen LogP contribution in [0.1, 0.15) is 31.3 Å². The summed E-state index contributed by atoms with van der Waals surface area (Å²) in [5, 5.41) is 4.19. The molecule has 1 aromatic heterocycles. The molecule has 1 aromatic carbocycles. The van der Waals surface area contributed by atoms with E-state index in [1.165, 1.54) is 19.5 Å². The molecular weight excluding hydrogens is 271 g/mol. The Morgan fingerprint density at radius 1 is 1.38 bits per heavy atom. The lowest BCUT2D eigenvalue weighted by atomic mass is 10.0. The summed E-state index contributed by atoms with van der Waals surface area (Å²) < 4.78 is 21.0. The molecule has 0 saturated heterocycles. The number of hydrogen-bond donors (Lipinski definition) is 1. The molecule has 0 spiro atoms. The van der Waals surface area contributed by atoms with E-state index >= 15 is 0 Å². The maximum absolute atomic E-state index is 14.0. The Hall–Kier alpha value is -1.95. The Labute approximate surface area is 123 Å². The second-order valence-electron chi connectivity index (χ2n) is 5.42. The van der Waals surface area contributed by atoms with Gasteiger partial charge < -0.3 is 10.5 Å². The lowest BCUT2D eigenvalue weighted by Crippen LogP contribution is -2.20. The first-order valence-corrected chi connectivity index (χ1v) is 6.97. The molecule has 0 fully saturated rings. The summed E-state index contributed by atoms with van der Waals surface area (Å²) >= 11 is 0. The predicted octanol–water partition coefficient (Wildman–Crippen LogP) is 2.32. The van der Waals surface area contributed by atoms with Gasteiger partial charge in [-0.2, -0.15) is 5.10 Å². The normalized spacial score (nSPS) is 12.7. The van der Waals surface area contributed by atoms with Gasteiger partial charge in [-0.15, -0.1) is 0 Å². The average molecular weight is 292 g/mol. The van der Waals surface area contributed by atoms with Crippen LogP contribution in [0.3, 0.4) is 0 Å². The smallest absolute Gasteiger partial charge is 0.138 e. The van der Waals surface area contributed by atoms with Crippen molar-refractivity contribution in [3.63, 3.8) is 0 Å². The van der Waals surface area contributed by atoms with Gasteiger partial charge >= 0.3 is 0 Å². The van der Waals surface area contributed by atoms with Gasteiger partial charge in [-0.05, 0) is 18.1 Å². The van der Waals surface area contributed by atoms with Crippen molar-refractivity contribution in [3.05, 3.63) is 41.7 Å². The molecule has 0 bridgehead atoms. The number of nitrogens with two attached hydrogens (primary N) is 1. The van der Waals surface area contributed by atoms with Crippen molar-refractivity contribution in [2.24, 2.45) is 11.7 Å². The molecule has 2 rings (SSSR count). The van der Waals surface area contributed by atoms with Gasteiger partial charge in [0.05, 0.1) is 7.11 Å². The standard InChI is InChI=1S/C15H21FN4O/c1-10(2)8-20-14(18-9-19-20)7-12(17)15-11(16)5-4-6-13(15)21-3/h4-6,9-10,12H,7-8,17H2,1-3H3. The second kappa shape index (κ2) is 6.67. The summed E-state index contributed by atoms with van der Waals surface area (Å²) in [4.78, 5) is 4.23. The van der Waals surface area contributed by atoms with Gasteiger partial charge in [0, 0.05) is 24.6 Å². The van der Waals surface area contributed by atoms with Crippen molar-refractivity contribution in [1.29, 1.82) is 0 Å². The van der Waals surface area contributed by atoms with Gasteiger partial charge in [-0.3, -0.25) is 0 Å². The van der Waals surface area contributed by atoms with Crippen LogP contribution in [0.25, 0.3) is 0 Å². The number of rotatable bonds is 6. The van der Waals surface area contributed by atoms with E-state index in [-0.39, 0.29) is 5.82 Å². The van der Waals surface area contributed by atoms with E-state index in [0.717, 1.165) is 12.4 Å². The molecule has 1 unspecified atom stereocenters. The van der Waals surface area contributed by atoms with E-state index in [4.69, 9.17) is 10.5 Å². The van der Waals surface area contributed by atoms with Crippen LogP contribution < -0.4 is 10.5 Å². The van der Waals surface area contributed by atoms with Gasteiger partial charge in [0.25, 0.3) is 0 Å². The minimum absolute atomic E-state index is 0.364. The number of hydrogen-bond acceptors (Lipinski definition) is 4. The van der Waals surface area contributed by atoms with Crippen molar-refractivity contribution in [3.8, 4) is 5.75 Å². The maximum atomic E-state index is 14.0.